The van der Waals surface area contributed by atoms with E-state index in [1.807, 2.05) is 0 Å². The summed E-state index contributed by atoms with van der Waals surface area (Å²) in [4.78, 5) is 15.7. The first-order valence-electron chi connectivity index (χ1n) is 5.77. The number of rotatable bonds is 5. The van der Waals surface area contributed by atoms with Gasteiger partial charge >= 0.3 is 5.97 Å². The molecule has 7 nitrogen and oxygen atoms in total. The lowest BCUT2D eigenvalue weighted by atomic mass is 10.1. The van der Waals surface area contributed by atoms with Gasteiger partial charge in [0, 0.05) is 0 Å². The maximum absolute atomic E-state index is 11.8. The summed E-state index contributed by atoms with van der Waals surface area (Å²) in [7, 11) is 0. The highest BCUT2D eigenvalue weighted by molar-refractivity contribution is 5.98. The minimum atomic E-state index is -0.426. The Hall–Kier alpha value is -2.57. The highest BCUT2D eigenvalue weighted by Gasteiger charge is 2.15. The molecule has 0 saturated carbocycles. The number of nitrogens with zero attached hydrogens (tertiary/aromatic N) is 2. The van der Waals surface area contributed by atoms with Crippen LogP contribution in [0.25, 0.3) is 0 Å². The van der Waals surface area contributed by atoms with Gasteiger partial charge in [0.25, 0.3) is 0 Å². The van der Waals surface area contributed by atoms with Gasteiger partial charge in [-0.15, -0.1) is 0 Å². The van der Waals surface area contributed by atoms with Gasteiger partial charge in [-0.05, 0) is 19.1 Å². The molecule has 1 aromatic carbocycles. The van der Waals surface area contributed by atoms with E-state index < -0.39 is 5.97 Å². The first-order chi connectivity index (χ1) is 9.22. The molecule has 0 aliphatic carbocycles. The molecular formula is C12H14N4O3. The summed E-state index contributed by atoms with van der Waals surface area (Å²) in [6, 6.07) is 5.04. The molecular weight excluding hydrogens is 248 g/mol. The number of nitrogen functional groups attached to an aromatic ring is 1. The zero-order valence-electron chi connectivity index (χ0n) is 10.4. The zero-order chi connectivity index (χ0) is 13.7. The zero-order valence-corrected chi connectivity index (χ0v) is 10.4. The molecule has 0 amide bonds. The quantitative estimate of drug-likeness (QED) is 0.620. The summed E-state index contributed by atoms with van der Waals surface area (Å²) >= 11 is 0. The molecule has 0 fully saturated rings. The minimum Gasteiger partial charge on any atom is -0.462 e. The number of carbonyl (C=O) groups is 1. The molecule has 0 aliphatic rings. The SMILES string of the molecule is CCOC(=O)c1cccc(N)c1NCc1ncon1. The van der Waals surface area contributed by atoms with Gasteiger partial charge in [0.15, 0.2) is 5.82 Å². The minimum absolute atomic E-state index is 0.303. The van der Waals surface area contributed by atoms with Crippen molar-refractivity contribution >= 4 is 17.3 Å². The summed E-state index contributed by atoms with van der Waals surface area (Å²) < 4.78 is 9.60. The first-order valence-corrected chi connectivity index (χ1v) is 5.77. The molecule has 0 aliphatic heterocycles. The van der Waals surface area contributed by atoms with Gasteiger partial charge in [0.2, 0.25) is 6.39 Å². The third-order valence-electron chi connectivity index (χ3n) is 2.42. The van der Waals surface area contributed by atoms with Crippen molar-refractivity contribution in [1.29, 1.82) is 0 Å². The molecule has 0 bridgehead atoms. The Morgan fingerprint density at radius 3 is 3.05 bits per heavy atom. The largest absolute Gasteiger partial charge is 0.462 e. The standard InChI is InChI=1S/C12H14N4O3/c1-2-18-12(17)8-4-3-5-9(13)11(8)14-6-10-15-7-19-16-10/h3-5,7,14H,2,6,13H2,1H3. The summed E-state index contributed by atoms with van der Waals surface area (Å²) in [5.74, 6) is 0.0449. The molecule has 2 aromatic rings. The van der Waals surface area contributed by atoms with Crippen LogP contribution in [0.1, 0.15) is 23.1 Å². The number of hydrogen-bond acceptors (Lipinski definition) is 7. The topological polar surface area (TPSA) is 103 Å². The van der Waals surface area contributed by atoms with Gasteiger partial charge in [-0.2, -0.15) is 4.98 Å². The Bertz CT molecular complexity index is 554. The van der Waals surface area contributed by atoms with Crippen LogP contribution >= 0.6 is 0 Å². The van der Waals surface area contributed by atoms with Crippen molar-refractivity contribution in [3.05, 3.63) is 36.0 Å². The van der Waals surface area contributed by atoms with Gasteiger partial charge in [0.1, 0.15) is 0 Å². The van der Waals surface area contributed by atoms with E-state index >= 15 is 0 Å². The fourth-order valence-corrected chi connectivity index (χ4v) is 1.58. The van der Waals surface area contributed by atoms with Crippen molar-refractivity contribution in [1.82, 2.24) is 10.1 Å². The number of aromatic nitrogens is 2. The number of hydrogen-bond donors (Lipinski definition) is 2. The molecule has 0 spiro atoms. The summed E-state index contributed by atoms with van der Waals surface area (Å²) in [6.45, 7) is 2.35. The lowest BCUT2D eigenvalue weighted by Crippen LogP contribution is -2.12. The average Bonchev–Trinajstić information content (AvgIpc) is 2.90. The third-order valence-corrected chi connectivity index (χ3v) is 2.42. The predicted molar refractivity (Wildman–Crippen MR) is 68.4 cm³/mol. The monoisotopic (exact) mass is 262 g/mol. The maximum atomic E-state index is 11.8. The molecule has 0 atom stereocenters. The molecule has 0 unspecified atom stereocenters. The molecule has 2 rings (SSSR count). The molecule has 0 saturated heterocycles. The second-order valence-electron chi connectivity index (χ2n) is 3.69. The molecule has 100 valence electrons. The lowest BCUT2D eigenvalue weighted by molar-refractivity contribution is 0.0527. The fraction of sp³-hybridized carbons (Fsp3) is 0.250. The van der Waals surface area contributed by atoms with Crippen LogP contribution in [0.15, 0.2) is 29.1 Å². The summed E-state index contributed by atoms with van der Waals surface area (Å²) in [6.07, 6.45) is 1.23. The molecule has 19 heavy (non-hydrogen) atoms. The van der Waals surface area contributed by atoms with Crippen molar-refractivity contribution < 1.29 is 14.1 Å². The Labute approximate surface area is 109 Å². The van der Waals surface area contributed by atoms with Crippen molar-refractivity contribution in [3.8, 4) is 0 Å². The number of esters is 1. The maximum Gasteiger partial charge on any atom is 0.340 e. The number of ether oxygens (including phenoxy) is 1. The predicted octanol–water partition coefficient (Wildman–Crippen LogP) is 1.44. The molecule has 3 N–H and O–H groups in total. The number of nitrogens with two attached hydrogens (primary N) is 1. The van der Waals surface area contributed by atoms with Crippen LogP contribution in [0, 0.1) is 0 Å². The Kier molecular flexibility index (Phi) is 3.97. The molecule has 7 heteroatoms. The van der Waals surface area contributed by atoms with Crippen LogP contribution in [0.5, 0.6) is 0 Å². The van der Waals surface area contributed by atoms with Gasteiger partial charge < -0.3 is 20.3 Å². The summed E-state index contributed by atoms with van der Waals surface area (Å²) in [5.41, 5.74) is 7.20. The van der Waals surface area contributed by atoms with E-state index in [1.165, 1.54) is 6.39 Å². The van der Waals surface area contributed by atoms with Crippen molar-refractivity contribution in [2.45, 2.75) is 13.5 Å². The number of nitrogens with one attached hydrogen (secondary N) is 1. The van der Waals surface area contributed by atoms with Crippen molar-refractivity contribution in [3.63, 3.8) is 0 Å². The van der Waals surface area contributed by atoms with E-state index in [0.717, 1.165) is 0 Å². The molecule has 1 heterocycles. The van der Waals surface area contributed by atoms with E-state index in [1.54, 1.807) is 25.1 Å². The first kappa shape index (κ1) is 12.9. The Morgan fingerprint density at radius 1 is 1.53 bits per heavy atom. The van der Waals surface area contributed by atoms with Crippen LogP contribution in [0.2, 0.25) is 0 Å². The van der Waals surface area contributed by atoms with Crippen molar-refractivity contribution in [2.75, 3.05) is 17.7 Å². The van der Waals surface area contributed by atoms with Gasteiger partial charge in [-0.1, -0.05) is 11.2 Å². The third kappa shape index (κ3) is 3.01. The smallest absolute Gasteiger partial charge is 0.340 e. The van der Waals surface area contributed by atoms with E-state index in [2.05, 4.69) is 20.0 Å². The van der Waals surface area contributed by atoms with Crippen molar-refractivity contribution in [2.24, 2.45) is 0 Å². The Morgan fingerprint density at radius 2 is 2.37 bits per heavy atom. The van der Waals surface area contributed by atoms with Gasteiger partial charge in [0.05, 0.1) is 30.1 Å². The Balaban J connectivity index is 2.20. The lowest BCUT2D eigenvalue weighted by Gasteiger charge is -2.12. The van der Waals surface area contributed by atoms with Crippen LogP contribution in [-0.2, 0) is 11.3 Å². The van der Waals surface area contributed by atoms with E-state index in [-0.39, 0.29) is 0 Å². The van der Waals surface area contributed by atoms with Crippen LogP contribution in [-0.4, -0.2) is 22.7 Å². The highest BCUT2D eigenvalue weighted by atomic mass is 16.5. The summed E-state index contributed by atoms with van der Waals surface area (Å²) in [5, 5.41) is 6.68. The number of carbonyl (C=O) groups excluding carboxylic acids is 1. The number of para-hydroxylation sites is 1. The number of anilines is 2. The molecule has 1 aromatic heterocycles. The fourth-order valence-electron chi connectivity index (χ4n) is 1.58. The molecule has 0 radical (unpaired) electrons. The van der Waals surface area contributed by atoms with Gasteiger partial charge in [-0.25, -0.2) is 4.79 Å². The van der Waals surface area contributed by atoms with E-state index in [9.17, 15) is 4.79 Å². The number of benzene rings is 1. The van der Waals surface area contributed by atoms with E-state index in [4.69, 9.17) is 10.5 Å². The van der Waals surface area contributed by atoms with Crippen LogP contribution in [0.3, 0.4) is 0 Å². The van der Waals surface area contributed by atoms with Crippen LogP contribution in [0.4, 0.5) is 11.4 Å². The van der Waals surface area contributed by atoms with Gasteiger partial charge in [-0.3, -0.25) is 0 Å². The van der Waals surface area contributed by atoms with E-state index in [0.29, 0.717) is 35.9 Å². The van der Waals surface area contributed by atoms with Crippen LogP contribution < -0.4 is 11.1 Å². The second kappa shape index (κ2) is 5.85. The highest BCUT2D eigenvalue weighted by Crippen LogP contribution is 2.24. The normalized spacial score (nSPS) is 10.2. The average molecular weight is 262 g/mol. The second-order valence-corrected chi connectivity index (χ2v) is 3.69.